The number of nitrogens with one attached hydrogen (secondary N) is 3. The second-order valence-electron chi connectivity index (χ2n) is 16.9. The molecule has 5 fully saturated rings. The fourth-order valence-electron chi connectivity index (χ4n) is 9.59. The van der Waals surface area contributed by atoms with Crippen LogP contribution in [0.1, 0.15) is 76.7 Å². The number of aliphatic hydroxyl groups is 1. The number of methoxy groups -OCH3 is 1. The van der Waals surface area contributed by atoms with Crippen LogP contribution in [0.25, 0.3) is 11.1 Å². The van der Waals surface area contributed by atoms with Crippen LogP contribution in [-0.4, -0.2) is 87.1 Å². The van der Waals surface area contributed by atoms with Crippen molar-refractivity contribution < 1.29 is 24.3 Å². The summed E-state index contributed by atoms with van der Waals surface area (Å²) in [7, 11) is 7.17. The zero-order chi connectivity index (χ0) is 36.3. The van der Waals surface area contributed by atoms with E-state index in [1.807, 2.05) is 67.4 Å². The first-order chi connectivity index (χ1) is 23.5. The van der Waals surface area contributed by atoms with Crippen LogP contribution in [0.2, 0.25) is 0 Å². The Morgan fingerprint density at radius 2 is 1.86 bits per heavy atom. The third-order valence-electron chi connectivity index (χ3n) is 12.8. The van der Waals surface area contributed by atoms with Crippen molar-refractivity contribution in [2.75, 3.05) is 46.2 Å². The molecule has 1 aliphatic heterocycles. The summed E-state index contributed by atoms with van der Waals surface area (Å²) < 4.78 is 6.10. The Morgan fingerprint density at radius 3 is 2.44 bits per heavy atom. The molecule has 274 valence electrons. The highest BCUT2D eigenvalue weighted by atomic mass is 16.7. The van der Waals surface area contributed by atoms with Crippen molar-refractivity contribution in [2.24, 2.45) is 34.5 Å². The van der Waals surface area contributed by atoms with Gasteiger partial charge in [-0.15, -0.1) is 0 Å². The van der Waals surface area contributed by atoms with Crippen LogP contribution < -0.4 is 25.6 Å². The van der Waals surface area contributed by atoms with Crippen LogP contribution in [0.4, 0.5) is 5.69 Å². The molecular formula is C40H59N5O5. The second-order valence-corrected chi connectivity index (χ2v) is 16.9. The van der Waals surface area contributed by atoms with Crippen LogP contribution >= 0.6 is 0 Å². The highest BCUT2D eigenvalue weighted by Crippen LogP contribution is 2.66. The number of hydrogen-bond acceptors (Lipinski definition) is 8. The number of rotatable bonds is 12. The highest BCUT2D eigenvalue weighted by Gasteiger charge is 2.78. The molecule has 1 spiro atoms. The molecule has 0 radical (unpaired) electrons. The van der Waals surface area contributed by atoms with E-state index in [1.165, 1.54) is 6.42 Å². The van der Waals surface area contributed by atoms with Crippen molar-refractivity contribution in [1.82, 2.24) is 21.0 Å². The summed E-state index contributed by atoms with van der Waals surface area (Å²) in [6.45, 7) is 14.8. The number of carbonyl (C=O) groups excluding carboxylic acids is 2. The molecule has 2 bridgehead atoms. The maximum Gasteiger partial charge on any atom is 0.251 e. The highest BCUT2D eigenvalue weighted by molar-refractivity contribution is 5.97. The lowest BCUT2D eigenvalue weighted by atomic mass is 9.45. The molecule has 2 aromatic carbocycles. The van der Waals surface area contributed by atoms with Gasteiger partial charge in [0.1, 0.15) is 17.9 Å². The minimum absolute atomic E-state index is 0.0749. The minimum Gasteiger partial charge on any atom is -0.496 e. The molecular weight excluding hydrogens is 630 g/mol. The molecule has 2 amide bonds. The van der Waals surface area contributed by atoms with Crippen LogP contribution in [-0.2, 0) is 16.2 Å². The Balaban J connectivity index is 1.35. The summed E-state index contributed by atoms with van der Waals surface area (Å²) in [4.78, 5) is 36.1. The standard InChI is InChI=1S/C40H59N5O5/c1-23(2)19-42-20-33-40(22-39(40,6)48)35(37(47)43-32-18-28-17-31(24(32)3)38(28,4)5)45(50-33)21-25-12-11-13-30(34(25)49-10)26-14-27(36(46)41-7)16-29(15-26)44(8)9/h11-16,23-24,28,31-33,35,42,48H,17-22H2,1-10H3,(H,41,46)(H,43,47)/t24-,28+,31-,32-,33-,35+,39?,40+/m0/s1. The Hall–Kier alpha value is -3.18. The average Bonchev–Trinajstić information content (AvgIpc) is 3.51. The number of amides is 2. The molecule has 2 aromatic rings. The van der Waals surface area contributed by atoms with E-state index in [4.69, 9.17) is 9.57 Å². The first-order valence-corrected chi connectivity index (χ1v) is 18.4. The van der Waals surface area contributed by atoms with E-state index >= 15 is 0 Å². The molecule has 5 aliphatic rings. The molecule has 4 N–H and O–H groups in total. The molecule has 4 aliphatic carbocycles. The number of benzene rings is 2. The maximum absolute atomic E-state index is 14.6. The monoisotopic (exact) mass is 689 g/mol. The van der Waals surface area contributed by atoms with Gasteiger partial charge in [0, 0.05) is 56.1 Å². The number of hydroxylamine groups is 2. The lowest BCUT2D eigenvalue weighted by Gasteiger charge is -2.62. The number of fused-ring (bicyclic) bond motifs is 2. The van der Waals surface area contributed by atoms with Crippen molar-refractivity contribution in [1.29, 1.82) is 0 Å². The maximum atomic E-state index is 14.6. The first kappa shape index (κ1) is 36.6. The van der Waals surface area contributed by atoms with Crippen molar-refractivity contribution in [3.63, 3.8) is 0 Å². The van der Waals surface area contributed by atoms with Gasteiger partial charge in [-0.3, -0.25) is 14.4 Å². The van der Waals surface area contributed by atoms with Gasteiger partial charge in [-0.2, -0.15) is 5.06 Å². The van der Waals surface area contributed by atoms with Crippen molar-refractivity contribution in [2.45, 2.75) is 91.1 Å². The summed E-state index contributed by atoms with van der Waals surface area (Å²) in [5.41, 5.74) is 2.47. The number of anilines is 1. The minimum atomic E-state index is -1.05. The third kappa shape index (κ3) is 6.20. The Bertz CT molecular complexity index is 1610. The summed E-state index contributed by atoms with van der Waals surface area (Å²) in [6.07, 6.45) is 2.31. The number of ether oxygens (including phenoxy) is 1. The summed E-state index contributed by atoms with van der Waals surface area (Å²) in [6, 6.07) is 11.2. The van der Waals surface area contributed by atoms with Gasteiger partial charge in [-0.25, -0.2) is 0 Å². The predicted molar refractivity (Wildman–Crippen MR) is 197 cm³/mol. The summed E-state index contributed by atoms with van der Waals surface area (Å²) in [5, 5.41) is 23.3. The fourth-order valence-corrected chi connectivity index (χ4v) is 9.59. The Kier molecular flexibility index (Phi) is 9.82. The summed E-state index contributed by atoms with van der Waals surface area (Å²) in [5.74, 6) is 2.44. The van der Waals surface area contributed by atoms with E-state index < -0.39 is 17.1 Å². The van der Waals surface area contributed by atoms with Gasteiger partial charge in [-0.05, 0) is 85.6 Å². The van der Waals surface area contributed by atoms with Crippen LogP contribution in [0.5, 0.6) is 5.75 Å². The number of para-hydroxylation sites is 1. The first-order valence-electron chi connectivity index (χ1n) is 18.4. The number of nitrogens with zero attached hydrogens (tertiary/aromatic N) is 2. The Labute approximate surface area is 298 Å². The average molecular weight is 690 g/mol. The van der Waals surface area contributed by atoms with Gasteiger partial charge in [0.25, 0.3) is 5.91 Å². The molecule has 10 nitrogen and oxygen atoms in total. The largest absolute Gasteiger partial charge is 0.496 e. The number of carbonyl (C=O) groups is 2. The smallest absolute Gasteiger partial charge is 0.251 e. The number of hydrogen-bond donors (Lipinski definition) is 4. The molecule has 7 rings (SSSR count). The quantitative estimate of drug-likeness (QED) is 0.250. The van der Waals surface area contributed by atoms with Crippen molar-refractivity contribution in [3.05, 3.63) is 47.5 Å². The molecule has 10 heteroatoms. The molecule has 1 unspecified atom stereocenters. The molecule has 1 saturated heterocycles. The van der Waals surface area contributed by atoms with Gasteiger partial charge in [0.05, 0.1) is 24.7 Å². The van der Waals surface area contributed by atoms with Gasteiger partial charge >= 0.3 is 0 Å². The lowest BCUT2D eigenvalue weighted by Crippen LogP contribution is -2.62. The second kappa shape index (κ2) is 13.4. The SMILES string of the molecule is CNC(=O)c1cc(-c2cccc(CN3O[C@@H](CNCC(C)C)[C@]4(CC4(C)O)[C@H]3C(=O)N[C@H]3C[C@H]4C[C@@H]([C@@H]3C)C4(C)C)c2OC)cc(N(C)C)c1. The molecule has 4 saturated carbocycles. The normalized spacial score (nSPS) is 32.5. The predicted octanol–water partition coefficient (Wildman–Crippen LogP) is 4.85. The van der Waals surface area contributed by atoms with Crippen LogP contribution in [0, 0.1) is 34.5 Å². The summed E-state index contributed by atoms with van der Waals surface area (Å²) >= 11 is 0. The van der Waals surface area contributed by atoms with Gasteiger partial charge in [0.2, 0.25) is 5.91 Å². The van der Waals surface area contributed by atoms with E-state index in [1.54, 1.807) is 14.2 Å². The van der Waals surface area contributed by atoms with E-state index in [-0.39, 0.29) is 30.5 Å². The van der Waals surface area contributed by atoms with Crippen molar-refractivity contribution >= 4 is 17.5 Å². The van der Waals surface area contributed by atoms with Crippen LogP contribution in [0.15, 0.2) is 36.4 Å². The molecule has 8 atom stereocenters. The van der Waals surface area contributed by atoms with E-state index in [0.29, 0.717) is 53.4 Å². The van der Waals surface area contributed by atoms with Gasteiger partial charge < -0.3 is 30.7 Å². The van der Waals surface area contributed by atoms with Gasteiger partial charge in [-0.1, -0.05) is 52.8 Å². The fraction of sp³-hybridized carbons (Fsp3) is 0.650. The zero-order valence-electron chi connectivity index (χ0n) is 31.7. The van der Waals surface area contributed by atoms with Crippen LogP contribution in [0.3, 0.4) is 0 Å². The van der Waals surface area contributed by atoms with E-state index in [2.05, 4.69) is 50.6 Å². The zero-order valence-corrected chi connectivity index (χ0v) is 31.7. The van der Waals surface area contributed by atoms with E-state index in [0.717, 1.165) is 35.3 Å². The third-order valence-corrected chi connectivity index (χ3v) is 12.8. The Morgan fingerprint density at radius 1 is 1.14 bits per heavy atom. The van der Waals surface area contributed by atoms with Crippen molar-refractivity contribution in [3.8, 4) is 16.9 Å². The molecule has 0 aromatic heterocycles. The lowest BCUT2D eigenvalue weighted by molar-refractivity contribution is -0.176. The molecule has 1 heterocycles. The topological polar surface area (TPSA) is 115 Å². The molecule has 50 heavy (non-hydrogen) atoms. The van der Waals surface area contributed by atoms with Gasteiger partial charge in [0.15, 0.2) is 0 Å². The van der Waals surface area contributed by atoms with E-state index in [9.17, 15) is 14.7 Å².